The number of esters is 1. The van der Waals surface area contributed by atoms with Crippen LogP contribution in [0.2, 0.25) is 0 Å². The van der Waals surface area contributed by atoms with Gasteiger partial charge in [0, 0.05) is 43.3 Å². The van der Waals surface area contributed by atoms with Gasteiger partial charge in [0.25, 0.3) is 0 Å². The Morgan fingerprint density at radius 2 is 2.00 bits per heavy atom. The molecule has 0 radical (unpaired) electrons. The van der Waals surface area contributed by atoms with Crippen molar-refractivity contribution in [3.8, 4) is 0 Å². The third kappa shape index (κ3) is 3.82. The minimum Gasteiger partial charge on any atom is -0.463 e. The fraction of sp³-hybridized carbons (Fsp3) is 0.364. The van der Waals surface area contributed by atoms with Gasteiger partial charge in [0.1, 0.15) is 5.82 Å². The molecule has 4 rings (SSSR count). The second-order valence-electron chi connectivity index (χ2n) is 7.47. The first-order valence-electron chi connectivity index (χ1n) is 10.1. The van der Waals surface area contributed by atoms with E-state index in [1.165, 1.54) is 17.8 Å². The molecule has 7 nitrogen and oxygen atoms in total. The molecule has 1 aromatic heterocycles. The summed E-state index contributed by atoms with van der Waals surface area (Å²) in [5.41, 5.74) is 2.66. The molecule has 1 aromatic carbocycles. The fourth-order valence-electron chi connectivity index (χ4n) is 4.14. The van der Waals surface area contributed by atoms with Crippen LogP contribution in [-0.2, 0) is 16.1 Å². The van der Waals surface area contributed by atoms with E-state index >= 15 is 0 Å². The number of amides is 2. The highest BCUT2D eigenvalue weighted by atomic mass is 19.1. The molecule has 0 fully saturated rings. The van der Waals surface area contributed by atoms with Crippen LogP contribution in [-0.4, -0.2) is 41.2 Å². The van der Waals surface area contributed by atoms with Crippen LogP contribution in [0.15, 0.2) is 53.9 Å². The van der Waals surface area contributed by atoms with Crippen LogP contribution in [0.5, 0.6) is 0 Å². The summed E-state index contributed by atoms with van der Waals surface area (Å²) in [6.45, 7) is 6.07. The number of carbonyl (C=O) groups excluding carboxylic acids is 2. The third-order valence-corrected chi connectivity index (χ3v) is 5.68. The normalized spacial score (nSPS) is 21.6. The quantitative estimate of drug-likeness (QED) is 0.741. The van der Waals surface area contributed by atoms with Crippen molar-refractivity contribution in [1.82, 2.24) is 20.1 Å². The first kappa shape index (κ1) is 20.2. The van der Waals surface area contributed by atoms with E-state index in [9.17, 15) is 14.0 Å². The smallest absolute Gasteiger partial charge is 0.338 e. The van der Waals surface area contributed by atoms with Gasteiger partial charge in [-0.15, -0.1) is 0 Å². The third-order valence-electron chi connectivity index (χ3n) is 5.68. The zero-order chi connectivity index (χ0) is 21.3. The molecule has 3 heterocycles. The molecule has 2 aromatic rings. The predicted octanol–water partition coefficient (Wildman–Crippen LogP) is 2.88. The van der Waals surface area contributed by atoms with Crippen LogP contribution >= 0.6 is 0 Å². The predicted molar refractivity (Wildman–Crippen MR) is 109 cm³/mol. The second-order valence-corrected chi connectivity index (χ2v) is 7.47. The lowest BCUT2D eigenvalue weighted by Gasteiger charge is -2.37. The van der Waals surface area contributed by atoms with Crippen molar-refractivity contribution < 1.29 is 18.7 Å². The van der Waals surface area contributed by atoms with Gasteiger partial charge in [0.15, 0.2) is 0 Å². The number of nitrogens with zero attached hydrogens (tertiary/aromatic N) is 2. The average molecular weight is 412 g/mol. The molecule has 0 bridgehead atoms. The number of fused-ring (bicyclic) bond motifs is 1. The van der Waals surface area contributed by atoms with Crippen molar-refractivity contribution in [1.29, 1.82) is 0 Å². The van der Waals surface area contributed by atoms with E-state index in [4.69, 9.17) is 4.74 Å². The highest BCUT2D eigenvalue weighted by Gasteiger charge is 2.35. The van der Waals surface area contributed by atoms with Crippen molar-refractivity contribution in [3.05, 3.63) is 70.9 Å². The summed E-state index contributed by atoms with van der Waals surface area (Å²) in [7, 11) is 0. The van der Waals surface area contributed by atoms with E-state index in [0.717, 1.165) is 13.1 Å². The largest absolute Gasteiger partial charge is 0.463 e. The van der Waals surface area contributed by atoms with Gasteiger partial charge < -0.3 is 19.9 Å². The lowest BCUT2D eigenvalue weighted by atomic mass is 9.94. The Hall–Kier alpha value is -3.13. The molecule has 0 spiro atoms. The summed E-state index contributed by atoms with van der Waals surface area (Å²) in [5, 5.41) is 5.59. The average Bonchev–Trinajstić information content (AvgIpc) is 3.20. The van der Waals surface area contributed by atoms with Gasteiger partial charge in [-0.3, -0.25) is 4.90 Å². The van der Waals surface area contributed by atoms with Crippen LogP contribution in [0, 0.1) is 5.82 Å². The number of benzene rings is 1. The zero-order valence-corrected chi connectivity index (χ0v) is 17.0. The number of hydrogen-bond donors (Lipinski definition) is 2. The number of nitrogens with one attached hydrogen (secondary N) is 2. The maximum atomic E-state index is 13.4. The maximum Gasteiger partial charge on any atom is 0.338 e. The molecule has 0 saturated heterocycles. The van der Waals surface area contributed by atoms with Gasteiger partial charge >= 0.3 is 12.0 Å². The number of halogens is 1. The number of rotatable bonds is 5. The molecule has 2 N–H and O–H groups in total. The Kier molecular flexibility index (Phi) is 5.59. The number of urea groups is 1. The van der Waals surface area contributed by atoms with E-state index in [2.05, 4.69) is 39.3 Å². The van der Waals surface area contributed by atoms with E-state index in [-0.39, 0.29) is 18.5 Å². The van der Waals surface area contributed by atoms with Crippen molar-refractivity contribution in [2.24, 2.45) is 0 Å². The van der Waals surface area contributed by atoms with Gasteiger partial charge in [0.2, 0.25) is 0 Å². The molecule has 0 aliphatic carbocycles. The highest BCUT2D eigenvalue weighted by Crippen LogP contribution is 2.31. The molecule has 2 aliphatic heterocycles. The lowest BCUT2D eigenvalue weighted by Crippen LogP contribution is -2.49. The molecule has 2 atom stereocenters. The molecule has 0 saturated carbocycles. The molecule has 158 valence electrons. The summed E-state index contributed by atoms with van der Waals surface area (Å²) < 4.78 is 20.9. The van der Waals surface area contributed by atoms with Crippen molar-refractivity contribution in [2.75, 3.05) is 19.7 Å². The minimum absolute atomic E-state index is 0.126. The fourth-order valence-corrected chi connectivity index (χ4v) is 4.14. The van der Waals surface area contributed by atoms with Gasteiger partial charge in [-0.2, -0.15) is 0 Å². The lowest BCUT2D eigenvalue weighted by molar-refractivity contribution is -0.139. The summed E-state index contributed by atoms with van der Waals surface area (Å²) in [6, 6.07) is 8.88. The van der Waals surface area contributed by atoms with Gasteiger partial charge in [-0.05, 0) is 43.7 Å². The Morgan fingerprint density at radius 3 is 2.73 bits per heavy atom. The summed E-state index contributed by atoms with van der Waals surface area (Å²) in [4.78, 5) is 27.5. The monoisotopic (exact) mass is 412 g/mol. The molecular formula is C22H25FN4O3. The summed E-state index contributed by atoms with van der Waals surface area (Å²) in [5.74, 6) is -0.881. The Balaban J connectivity index is 1.70. The molecule has 2 unspecified atom stereocenters. The number of aromatic nitrogens is 1. The van der Waals surface area contributed by atoms with Crippen molar-refractivity contribution in [2.45, 2.75) is 32.5 Å². The number of hydrogen-bond acceptors (Lipinski definition) is 4. The van der Waals surface area contributed by atoms with E-state index in [1.807, 2.05) is 6.07 Å². The van der Waals surface area contributed by atoms with Crippen molar-refractivity contribution in [3.63, 3.8) is 0 Å². The Morgan fingerprint density at radius 1 is 1.23 bits per heavy atom. The van der Waals surface area contributed by atoms with Crippen LogP contribution < -0.4 is 10.6 Å². The van der Waals surface area contributed by atoms with Crippen LogP contribution in [0.3, 0.4) is 0 Å². The van der Waals surface area contributed by atoms with E-state index in [0.29, 0.717) is 23.4 Å². The molecular weight excluding hydrogens is 387 g/mol. The molecule has 2 aliphatic rings. The Labute approximate surface area is 174 Å². The molecule has 2 amide bonds. The van der Waals surface area contributed by atoms with Crippen LogP contribution in [0.1, 0.15) is 37.2 Å². The van der Waals surface area contributed by atoms with Crippen LogP contribution in [0.4, 0.5) is 9.18 Å². The van der Waals surface area contributed by atoms with Gasteiger partial charge in [0.05, 0.1) is 18.2 Å². The van der Waals surface area contributed by atoms with Gasteiger partial charge in [-0.25, -0.2) is 14.0 Å². The number of ether oxygens (including phenoxy) is 1. The Bertz CT molecular complexity index is 983. The first-order valence-corrected chi connectivity index (χ1v) is 10.1. The highest BCUT2D eigenvalue weighted by molar-refractivity contribution is 5.95. The molecule has 8 heteroatoms. The summed E-state index contributed by atoms with van der Waals surface area (Å²) >= 11 is 0. The van der Waals surface area contributed by atoms with Gasteiger partial charge in [-0.1, -0.05) is 12.1 Å². The molecule has 30 heavy (non-hydrogen) atoms. The maximum absolute atomic E-state index is 13.4. The minimum atomic E-state index is -0.711. The first-order chi connectivity index (χ1) is 14.5. The topological polar surface area (TPSA) is 75.6 Å². The van der Waals surface area contributed by atoms with Crippen LogP contribution in [0.25, 0.3) is 0 Å². The number of carbonyl (C=O) groups is 2. The standard InChI is InChI=1S/C22H25FN4O3/c1-3-30-21(28)19-17(13-27-12-11-26-10-4-5-18(26)14(27)2)24-22(29)25-20(19)15-6-8-16(23)9-7-15/h4-10,14,20H,3,11-13H2,1-2H3,(H2,24,25,29). The second kappa shape index (κ2) is 8.31. The summed E-state index contributed by atoms with van der Waals surface area (Å²) in [6.07, 6.45) is 2.06. The SMILES string of the molecule is CCOC(=O)C1=C(CN2CCn3cccc3C2C)NC(=O)NC1c1ccc(F)cc1. The van der Waals surface area contributed by atoms with E-state index < -0.39 is 18.0 Å². The van der Waals surface area contributed by atoms with E-state index in [1.54, 1.807) is 19.1 Å². The van der Waals surface area contributed by atoms with Crippen molar-refractivity contribution >= 4 is 12.0 Å². The zero-order valence-electron chi connectivity index (χ0n) is 17.0.